The van der Waals surface area contributed by atoms with E-state index in [1.165, 1.54) is 19.3 Å². The fourth-order valence-electron chi connectivity index (χ4n) is 2.39. The quantitative estimate of drug-likeness (QED) is 0.143. The van der Waals surface area contributed by atoms with Crippen molar-refractivity contribution in [2.24, 2.45) is 0 Å². The normalized spacial score (nSPS) is 14.5. The molecule has 5 nitrogen and oxygen atoms in total. The van der Waals surface area contributed by atoms with Crippen molar-refractivity contribution in [3.05, 3.63) is 46.6 Å². The third-order valence-corrected chi connectivity index (χ3v) is 3.93. The molecule has 25 heavy (non-hydrogen) atoms. The van der Waals surface area contributed by atoms with Crippen molar-refractivity contribution < 1.29 is 14.8 Å². The molecule has 0 bridgehead atoms. The highest BCUT2D eigenvalue weighted by atomic mass is 16.6. The van der Waals surface area contributed by atoms with Crippen LogP contribution in [0.15, 0.2) is 36.5 Å². The van der Waals surface area contributed by atoms with Gasteiger partial charge in [0, 0.05) is 17.8 Å². The standard InChI is InChI=1S/C20H33NO4/c1-2-3-4-5-6-7-8-9-10-11-12-13-16-19(21(24)25)20(23)17-14-15-18-22/h6-7,9-10,12-13,18-20,23H,2-5,8,11,14-17H2,1H3/b7-6-,10-9-,13-12-. The van der Waals surface area contributed by atoms with E-state index in [4.69, 9.17) is 0 Å². The van der Waals surface area contributed by atoms with Crippen molar-refractivity contribution in [1.82, 2.24) is 0 Å². The van der Waals surface area contributed by atoms with Crippen molar-refractivity contribution in [3.63, 3.8) is 0 Å². The summed E-state index contributed by atoms with van der Waals surface area (Å²) < 4.78 is 0. The predicted molar refractivity (Wildman–Crippen MR) is 102 cm³/mol. The minimum absolute atomic E-state index is 0.209. The van der Waals surface area contributed by atoms with E-state index >= 15 is 0 Å². The molecule has 0 heterocycles. The molecule has 2 atom stereocenters. The van der Waals surface area contributed by atoms with Crippen molar-refractivity contribution in [1.29, 1.82) is 0 Å². The van der Waals surface area contributed by atoms with Gasteiger partial charge in [0.1, 0.15) is 12.4 Å². The molecule has 0 saturated carbocycles. The molecule has 0 saturated heterocycles. The van der Waals surface area contributed by atoms with Crippen LogP contribution in [-0.2, 0) is 4.79 Å². The maximum Gasteiger partial charge on any atom is 0.241 e. The Balaban J connectivity index is 3.95. The molecule has 0 aromatic heterocycles. The molecule has 0 aliphatic carbocycles. The van der Waals surface area contributed by atoms with Gasteiger partial charge in [-0.05, 0) is 38.5 Å². The highest BCUT2D eigenvalue weighted by Gasteiger charge is 2.27. The minimum atomic E-state index is -1.01. The number of hydrogen-bond donors (Lipinski definition) is 1. The van der Waals surface area contributed by atoms with E-state index in [2.05, 4.69) is 25.2 Å². The fourth-order valence-corrected chi connectivity index (χ4v) is 2.39. The Kier molecular flexibility index (Phi) is 15.9. The lowest BCUT2D eigenvalue weighted by Crippen LogP contribution is -2.33. The number of carbonyl (C=O) groups excluding carboxylic acids is 1. The number of rotatable bonds is 16. The molecular weight excluding hydrogens is 318 g/mol. The van der Waals surface area contributed by atoms with E-state index in [0.717, 1.165) is 25.5 Å². The first kappa shape index (κ1) is 23.2. The van der Waals surface area contributed by atoms with Crippen LogP contribution in [-0.4, -0.2) is 28.5 Å². The minimum Gasteiger partial charge on any atom is -0.386 e. The highest BCUT2D eigenvalue weighted by Crippen LogP contribution is 2.11. The molecule has 0 aliphatic rings. The Morgan fingerprint density at radius 3 is 2.20 bits per heavy atom. The predicted octanol–water partition coefficient (Wildman–Crippen LogP) is 4.78. The number of aldehydes is 1. The van der Waals surface area contributed by atoms with Gasteiger partial charge in [0.05, 0.1) is 0 Å². The number of nitro groups is 1. The van der Waals surface area contributed by atoms with Gasteiger partial charge >= 0.3 is 0 Å². The topological polar surface area (TPSA) is 80.4 Å². The number of hydrogen-bond acceptors (Lipinski definition) is 4. The van der Waals surface area contributed by atoms with Crippen molar-refractivity contribution >= 4 is 6.29 Å². The van der Waals surface area contributed by atoms with E-state index in [0.29, 0.717) is 12.8 Å². The average molecular weight is 351 g/mol. The van der Waals surface area contributed by atoms with Crippen LogP contribution in [0.2, 0.25) is 0 Å². The van der Waals surface area contributed by atoms with E-state index in [1.807, 2.05) is 12.2 Å². The largest absolute Gasteiger partial charge is 0.386 e. The molecule has 142 valence electrons. The van der Waals surface area contributed by atoms with Crippen LogP contribution in [0.1, 0.15) is 71.1 Å². The number of carbonyl (C=O) groups is 1. The Bertz CT molecular complexity index is 429. The summed E-state index contributed by atoms with van der Waals surface area (Å²) >= 11 is 0. The molecule has 0 aromatic rings. The first-order chi connectivity index (χ1) is 12.1. The first-order valence-corrected chi connectivity index (χ1v) is 9.33. The number of nitrogens with zero attached hydrogens (tertiary/aromatic N) is 1. The van der Waals surface area contributed by atoms with Crippen LogP contribution in [0.4, 0.5) is 0 Å². The Morgan fingerprint density at radius 2 is 1.60 bits per heavy atom. The van der Waals surface area contributed by atoms with Crippen molar-refractivity contribution in [3.8, 4) is 0 Å². The Morgan fingerprint density at radius 1 is 0.960 bits per heavy atom. The molecule has 0 aliphatic heterocycles. The summed E-state index contributed by atoms with van der Waals surface area (Å²) in [7, 11) is 0. The van der Waals surface area contributed by atoms with Crippen molar-refractivity contribution in [2.75, 3.05) is 0 Å². The third kappa shape index (κ3) is 14.3. The van der Waals surface area contributed by atoms with Crippen LogP contribution >= 0.6 is 0 Å². The summed E-state index contributed by atoms with van der Waals surface area (Å²) in [6, 6.07) is -1.00. The lowest BCUT2D eigenvalue weighted by molar-refractivity contribution is -0.533. The van der Waals surface area contributed by atoms with Crippen LogP contribution in [0, 0.1) is 10.1 Å². The lowest BCUT2D eigenvalue weighted by Gasteiger charge is -2.13. The molecule has 1 N–H and O–H groups in total. The van der Waals surface area contributed by atoms with Crippen LogP contribution < -0.4 is 0 Å². The summed E-state index contributed by atoms with van der Waals surface area (Å²) in [5.74, 6) is 0. The summed E-state index contributed by atoms with van der Waals surface area (Å²) in [5, 5.41) is 20.9. The molecule has 0 amide bonds. The number of unbranched alkanes of at least 4 members (excludes halogenated alkanes) is 4. The average Bonchev–Trinajstić information content (AvgIpc) is 2.58. The second-order valence-electron chi connectivity index (χ2n) is 6.13. The molecule has 0 rings (SSSR count). The summed E-state index contributed by atoms with van der Waals surface area (Å²) in [5.41, 5.74) is 0. The van der Waals surface area contributed by atoms with Gasteiger partial charge in [-0.1, -0.05) is 56.2 Å². The monoisotopic (exact) mass is 351 g/mol. The van der Waals surface area contributed by atoms with E-state index in [9.17, 15) is 20.0 Å². The fraction of sp³-hybridized carbons (Fsp3) is 0.650. The molecule has 0 radical (unpaired) electrons. The van der Waals surface area contributed by atoms with Gasteiger partial charge in [0.15, 0.2) is 0 Å². The Labute approximate surface area is 151 Å². The SMILES string of the molecule is CCCCC/C=C\C/C=C\C/C=C\CC(C(O)CCCC=O)[N+](=O)[O-]. The summed E-state index contributed by atoms with van der Waals surface area (Å²) in [4.78, 5) is 20.8. The summed E-state index contributed by atoms with van der Waals surface area (Å²) in [6.45, 7) is 2.20. The molecule has 0 aromatic carbocycles. The number of aliphatic hydroxyl groups excluding tert-OH is 1. The molecule has 2 unspecified atom stereocenters. The van der Waals surface area contributed by atoms with Gasteiger partial charge in [-0.2, -0.15) is 0 Å². The molecule has 5 heteroatoms. The lowest BCUT2D eigenvalue weighted by atomic mass is 10.0. The van der Waals surface area contributed by atoms with E-state index in [-0.39, 0.29) is 12.8 Å². The zero-order valence-electron chi connectivity index (χ0n) is 15.4. The van der Waals surface area contributed by atoms with Crippen LogP contribution in [0.5, 0.6) is 0 Å². The summed E-state index contributed by atoms with van der Waals surface area (Å²) in [6.07, 6.45) is 19.7. The second kappa shape index (κ2) is 17.1. The zero-order chi connectivity index (χ0) is 18.8. The maximum atomic E-state index is 11.0. The molecular formula is C20H33NO4. The molecule has 0 fully saturated rings. The maximum absolute atomic E-state index is 11.0. The smallest absolute Gasteiger partial charge is 0.241 e. The number of aliphatic hydroxyl groups is 1. The number of allylic oxidation sites excluding steroid dienone is 5. The van der Waals surface area contributed by atoms with E-state index < -0.39 is 17.1 Å². The van der Waals surface area contributed by atoms with Gasteiger partial charge < -0.3 is 9.90 Å². The molecule has 0 spiro atoms. The first-order valence-electron chi connectivity index (χ1n) is 9.33. The van der Waals surface area contributed by atoms with Crippen molar-refractivity contribution in [2.45, 2.75) is 83.3 Å². The van der Waals surface area contributed by atoms with Gasteiger partial charge in [-0.15, -0.1) is 0 Å². The zero-order valence-corrected chi connectivity index (χ0v) is 15.4. The highest BCUT2D eigenvalue weighted by molar-refractivity contribution is 5.48. The second-order valence-corrected chi connectivity index (χ2v) is 6.13. The van der Waals surface area contributed by atoms with Gasteiger partial charge in [-0.25, -0.2) is 0 Å². The van der Waals surface area contributed by atoms with Crippen LogP contribution in [0.25, 0.3) is 0 Å². The Hall–Kier alpha value is -1.75. The van der Waals surface area contributed by atoms with E-state index in [1.54, 1.807) is 6.08 Å². The van der Waals surface area contributed by atoms with Crippen LogP contribution in [0.3, 0.4) is 0 Å². The van der Waals surface area contributed by atoms with Gasteiger partial charge in [0.2, 0.25) is 6.04 Å². The van der Waals surface area contributed by atoms with Gasteiger partial charge in [0.25, 0.3) is 0 Å². The van der Waals surface area contributed by atoms with Gasteiger partial charge in [-0.3, -0.25) is 10.1 Å². The third-order valence-electron chi connectivity index (χ3n) is 3.93.